The van der Waals surface area contributed by atoms with Gasteiger partial charge in [-0.3, -0.25) is 10.1 Å². The molecule has 2 N–H and O–H groups in total. The van der Waals surface area contributed by atoms with Crippen molar-refractivity contribution in [2.75, 3.05) is 11.9 Å². The van der Waals surface area contributed by atoms with Crippen LogP contribution in [0.2, 0.25) is 0 Å². The number of aryl methyl sites for hydroxylation is 1. The highest BCUT2D eigenvalue weighted by molar-refractivity contribution is 7.13. The fourth-order valence-corrected chi connectivity index (χ4v) is 4.09. The number of hydrogen-bond acceptors (Lipinski definition) is 8. The van der Waals surface area contributed by atoms with Gasteiger partial charge in [0.25, 0.3) is 0 Å². The fourth-order valence-electron chi connectivity index (χ4n) is 3.38. The fraction of sp³-hybridized carbons (Fsp3) is 0.611. The van der Waals surface area contributed by atoms with Crippen LogP contribution in [-0.2, 0) is 21.5 Å². The van der Waals surface area contributed by atoms with Crippen LogP contribution >= 0.6 is 11.3 Å². The predicted octanol–water partition coefficient (Wildman–Crippen LogP) is 3.31. The molecule has 1 fully saturated rings. The van der Waals surface area contributed by atoms with Crippen LogP contribution in [0.3, 0.4) is 0 Å². The number of carbonyl (C=O) groups is 2. The lowest BCUT2D eigenvalue weighted by molar-refractivity contribution is -0.142. The molecule has 9 nitrogen and oxygen atoms in total. The summed E-state index contributed by atoms with van der Waals surface area (Å²) in [4.78, 5) is 32.9. The summed E-state index contributed by atoms with van der Waals surface area (Å²) >= 11 is 1.26. The number of aromatic nitrogens is 3. The quantitative estimate of drug-likeness (QED) is 0.557. The molecule has 152 valence electrons. The zero-order valence-corrected chi connectivity index (χ0v) is 16.9. The minimum absolute atomic E-state index is 0.0830. The second kappa shape index (κ2) is 9.13. The van der Waals surface area contributed by atoms with Crippen LogP contribution in [0.4, 0.5) is 9.93 Å². The SMILES string of the molecule is CCOC(=O)Cc1csc(NC(=O)NC2(c3noc(C)n3)CCCCCC2)n1. The third kappa shape index (κ3) is 5.06. The van der Waals surface area contributed by atoms with Gasteiger partial charge in [-0.2, -0.15) is 4.98 Å². The number of esters is 1. The molecule has 2 aromatic heterocycles. The highest BCUT2D eigenvalue weighted by Crippen LogP contribution is 2.34. The Labute approximate surface area is 167 Å². The summed E-state index contributed by atoms with van der Waals surface area (Å²) in [5.74, 6) is 0.655. The Morgan fingerprint density at radius 2 is 2.00 bits per heavy atom. The van der Waals surface area contributed by atoms with Crippen LogP contribution in [0.25, 0.3) is 0 Å². The number of ether oxygens (including phenoxy) is 1. The molecule has 0 atom stereocenters. The minimum atomic E-state index is -0.649. The molecule has 0 aromatic carbocycles. The van der Waals surface area contributed by atoms with E-state index < -0.39 is 5.54 Å². The van der Waals surface area contributed by atoms with Gasteiger partial charge in [0, 0.05) is 12.3 Å². The topological polar surface area (TPSA) is 119 Å². The van der Waals surface area contributed by atoms with Gasteiger partial charge in [-0.25, -0.2) is 9.78 Å². The summed E-state index contributed by atoms with van der Waals surface area (Å²) in [5, 5.41) is 12.0. The Morgan fingerprint density at radius 3 is 2.64 bits per heavy atom. The van der Waals surface area contributed by atoms with Crippen molar-refractivity contribution in [2.45, 2.75) is 64.3 Å². The standard InChI is InChI=1S/C18H25N5O4S/c1-3-26-14(24)10-13-11-28-17(20-13)21-16(25)22-18(8-6-4-5-7-9-18)15-19-12(2)27-23-15/h11H,3-10H2,1-2H3,(H2,20,21,22,25). The van der Waals surface area contributed by atoms with Gasteiger partial charge in [-0.15, -0.1) is 11.3 Å². The molecule has 1 saturated carbocycles. The maximum absolute atomic E-state index is 12.7. The molecular formula is C18H25N5O4S. The summed E-state index contributed by atoms with van der Waals surface area (Å²) < 4.78 is 10.1. The number of amides is 2. The van der Waals surface area contributed by atoms with Crippen molar-refractivity contribution in [1.82, 2.24) is 20.4 Å². The molecule has 28 heavy (non-hydrogen) atoms. The molecule has 3 rings (SSSR count). The van der Waals surface area contributed by atoms with E-state index in [1.165, 1.54) is 11.3 Å². The average Bonchev–Trinajstić information content (AvgIpc) is 3.19. The first kappa shape index (κ1) is 20.2. The number of hydrogen-bond donors (Lipinski definition) is 2. The molecule has 0 saturated heterocycles. The van der Waals surface area contributed by atoms with E-state index >= 15 is 0 Å². The monoisotopic (exact) mass is 407 g/mol. The van der Waals surface area contributed by atoms with E-state index in [1.54, 1.807) is 19.2 Å². The molecule has 2 aromatic rings. The van der Waals surface area contributed by atoms with Gasteiger partial charge in [0.05, 0.1) is 18.7 Å². The smallest absolute Gasteiger partial charge is 0.321 e. The lowest BCUT2D eigenvalue weighted by Gasteiger charge is -2.30. The highest BCUT2D eigenvalue weighted by Gasteiger charge is 2.39. The van der Waals surface area contributed by atoms with Crippen LogP contribution < -0.4 is 10.6 Å². The van der Waals surface area contributed by atoms with Gasteiger partial charge in [0.15, 0.2) is 11.0 Å². The maximum Gasteiger partial charge on any atom is 0.321 e. The van der Waals surface area contributed by atoms with E-state index in [4.69, 9.17) is 9.26 Å². The number of nitrogens with zero attached hydrogens (tertiary/aromatic N) is 3. The average molecular weight is 407 g/mol. The first-order valence-corrected chi connectivity index (χ1v) is 10.4. The summed E-state index contributed by atoms with van der Waals surface area (Å²) in [6, 6.07) is -0.374. The molecule has 0 unspecified atom stereocenters. The van der Waals surface area contributed by atoms with Gasteiger partial charge in [-0.1, -0.05) is 30.8 Å². The summed E-state index contributed by atoms with van der Waals surface area (Å²) in [6.45, 7) is 3.82. The first-order valence-electron chi connectivity index (χ1n) is 9.51. The van der Waals surface area contributed by atoms with Crippen molar-refractivity contribution >= 4 is 28.5 Å². The lowest BCUT2D eigenvalue weighted by Crippen LogP contribution is -2.48. The number of anilines is 1. The second-order valence-corrected chi connectivity index (χ2v) is 7.70. The predicted molar refractivity (Wildman–Crippen MR) is 103 cm³/mol. The van der Waals surface area contributed by atoms with Crippen LogP contribution in [0.1, 0.15) is 62.9 Å². The van der Waals surface area contributed by atoms with Crippen molar-refractivity contribution in [3.8, 4) is 0 Å². The van der Waals surface area contributed by atoms with Crippen LogP contribution in [0.5, 0.6) is 0 Å². The number of carbonyl (C=O) groups excluding carboxylic acids is 2. The van der Waals surface area contributed by atoms with Gasteiger partial charge in [0.2, 0.25) is 5.89 Å². The molecule has 1 aliphatic carbocycles. The molecule has 1 aliphatic rings. The Kier molecular flexibility index (Phi) is 6.61. The van der Waals surface area contributed by atoms with Crippen molar-refractivity contribution in [1.29, 1.82) is 0 Å². The lowest BCUT2D eigenvalue weighted by atomic mass is 9.89. The first-order chi connectivity index (χ1) is 13.5. The van der Waals surface area contributed by atoms with Gasteiger partial charge in [-0.05, 0) is 19.8 Å². The molecule has 10 heteroatoms. The van der Waals surface area contributed by atoms with Crippen molar-refractivity contribution in [3.63, 3.8) is 0 Å². The molecule has 0 spiro atoms. The zero-order chi connectivity index (χ0) is 20.0. The normalized spacial score (nSPS) is 16.2. The summed E-state index contributed by atoms with van der Waals surface area (Å²) in [6.07, 6.45) is 5.79. The molecule has 2 amide bonds. The maximum atomic E-state index is 12.7. The van der Waals surface area contributed by atoms with Crippen molar-refractivity contribution in [3.05, 3.63) is 22.8 Å². The Hall–Kier alpha value is -2.49. The molecule has 2 heterocycles. The molecular weight excluding hydrogens is 382 g/mol. The van der Waals surface area contributed by atoms with Crippen molar-refractivity contribution in [2.24, 2.45) is 0 Å². The number of thiazole rings is 1. The number of urea groups is 1. The molecule has 0 radical (unpaired) electrons. The van der Waals surface area contributed by atoms with E-state index in [9.17, 15) is 9.59 Å². The minimum Gasteiger partial charge on any atom is -0.466 e. The van der Waals surface area contributed by atoms with E-state index in [2.05, 4.69) is 25.8 Å². The number of nitrogens with one attached hydrogen (secondary N) is 2. The van der Waals surface area contributed by atoms with Gasteiger partial charge < -0.3 is 14.6 Å². The van der Waals surface area contributed by atoms with E-state index in [-0.39, 0.29) is 18.4 Å². The van der Waals surface area contributed by atoms with Gasteiger partial charge in [0.1, 0.15) is 5.54 Å². The highest BCUT2D eigenvalue weighted by atomic mass is 32.1. The Morgan fingerprint density at radius 1 is 1.25 bits per heavy atom. The largest absolute Gasteiger partial charge is 0.466 e. The molecule has 0 aliphatic heterocycles. The molecule has 0 bridgehead atoms. The number of rotatable bonds is 6. The summed E-state index contributed by atoms with van der Waals surface area (Å²) in [7, 11) is 0. The van der Waals surface area contributed by atoms with E-state index in [0.29, 0.717) is 29.1 Å². The van der Waals surface area contributed by atoms with Crippen molar-refractivity contribution < 1.29 is 18.8 Å². The van der Waals surface area contributed by atoms with Crippen LogP contribution in [0, 0.1) is 6.92 Å². The van der Waals surface area contributed by atoms with E-state index in [0.717, 1.165) is 38.5 Å². The van der Waals surface area contributed by atoms with Gasteiger partial charge >= 0.3 is 12.0 Å². The third-order valence-corrected chi connectivity index (χ3v) is 5.48. The van der Waals surface area contributed by atoms with Crippen LogP contribution in [-0.4, -0.2) is 33.7 Å². The van der Waals surface area contributed by atoms with Crippen LogP contribution in [0.15, 0.2) is 9.90 Å². The Bertz CT molecular complexity index is 811. The third-order valence-electron chi connectivity index (χ3n) is 4.67. The summed E-state index contributed by atoms with van der Waals surface area (Å²) in [5.41, 5.74) is -0.0830. The zero-order valence-electron chi connectivity index (χ0n) is 16.1. The second-order valence-electron chi connectivity index (χ2n) is 6.84. The van der Waals surface area contributed by atoms with E-state index in [1.807, 2.05) is 0 Å². The Balaban J connectivity index is 1.67.